The van der Waals surface area contributed by atoms with E-state index in [1.165, 1.54) is 6.92 Å². The van der Waals surface area contributed by atoms with E-state index in [2.05, 4.69) is 10.6 Å². The fourth-order valence-electron chi connectivity index (χ4n) is 2.73. The van der Waals surface area contributed by atoms with Crippen LogP contribution in [-0.2, 0) is 9.59 Å². The van der Waals surface area contributed by atoms with E-state index in [0.717, 1.165) is 25.7 Å². The van der Waals surface area contributed by atoms with Crippen molar-refractivity contribution in [3.05, 3.63) is 0 Å². The largest absolute Gasteiger partial charge is 0.393 e. The van der Waals surface area contributed by atoms with E-state index in [0.29, 0.717) is 18.9 Å². The first kappa shape index (κ1) is 17.0. The molecular formula is C15H28N2O3. The molecule has 0 saturated heterocycles. The Bertz CT molecular complexity index is 331. The van der Waals surface area contributed by atoms with Crippen molar-refractivity contribution in [1.82, 2.24) is 10.6 Å². The third-order valence-electron chi connectivity index (χ3n) is 3.81. The van der Waals surface area contributed by atoms with Crippen molar-refractivity contribution < 1.29 is 14.7 Å². The Morgan fingerprint density at radius 1 is 1.25 bits per heavy atom. The molecule has 0 aromatic carbocycles. The van der Waals surface area contributed by atoms with E-state index in [1.54, 1.807) is 0 Å². The highest BCUT2D eigenvalue weighted by Gasteiger charge is 2.25. The number of nitrogens with one attached hydrogen (secondary N) is 2. The summed E-state index contributed by atoms with van der Waals surface area (Å²) in [4.78, 5) is 23.3. The van der Waals surface area contributed by atoms with Crippen LogP contribution in [0, 0.1) is 11.8 Å². The molecule has 1 aliphatic rings. The van der Waals surface area contributed by atoms with Crippen LogP contribution in [0.4, 0.5) is 0 Å². The number of carbonyl (C=O) groups excluding carboxylic acids is 2. The molecule has 1 saturated carbocycles. The van der Waals surface area contributed by atoms with Gasteiger partial charge in [-0.25, -0.2) is 0 Å². The first-order valence-corrected chi connectivity index (χ1v) is 7.63. The highest BCUT2D eigenvalue weighted by Crippen LogP contribution is 2.23. The van der Waals surface area contributed by atoms with Gasteiger partial charge in [-0.05, 0) is 25.2 Å². The lowest BCUT2D eigenvalue weighted by Gasteiger charge is -2.28. The SMILES string of the molecule is CC(=O)N[C@@H](CC(C)C)C(=O)NC[C@H]1CCCC[C@@H]1O. The molecule has 0 aromatic heterocycles. The number of rotatable bonds is 6. The topological polar surface area (TPSA) is 78.4 Å². The minimum absolute atomic E-state index is 0.143. The summed E-state index contributed by atoms with van der Waals surface area (Å²) in [5.41, 5.74) is 0. The van der Waals surface area contributed by atoms with Crippen LogP contribution in [0.1, 0.15) is 52.9 Å². The molecule has 5 heteroatoms. The molecule has 0 unspecified atom stereocenters. The summed E-state index contributed by atoms with van der Waals surface area (Å²) in [5, 5.41) is 15.5. The van der Waals surface area contributed by atoms with E-state index in [1.807, 2.05) is 13.8 Å². The van der Waals surface area contributed by atoms with Crippen LogP contribution >= 0.6 is 0 Å². The molecule has 5 nitrogen and oxygen atoms in total. The second-order valence-electron chi connectivity index (χ2n) is 6.24. The predicted molar refractivity (Wildman–Crippen MR) is 78.0 cm³/mol. The molecule has 1 aliphatic carbocycles. The standard InChI is InChI=1S/C15H28N2O3/c1-10(2)8-13(17-11(3)18)15(20)16-9-12-6-4-5-7-14(12)19/h10,12-14,19H,4-9H2,1-3H3,(H,16,20)(H,17,18)/t12-,13+,14+/m1/s1. The second-order valence-corrected chi connectivity index (χ2v) is 6.24. The molecule has 20 heavy (non-hydrogen) atoms. The first-order chi connectivity index (χ1) is 9.40. The van der Waals surface area contributed by atoms with E-state index in [-0.39, 0.29) is 23.8 Å². The van der Waals surface area contributed by atoms with Gasteiger partial charge >= 0.3 is 0 Å². The number of aliphatic hydroxyl groups is 1. The Kier molecular flexibility index (Phi) is 6.99. The Morgan fingerprint density at radius 3 is 2.45 bits per heavy atom. The van der Waals surface area contributed by atoms with Gasteiger partial charge in [0.2, 0.25) is 11.8 Å². The van der Waals surface area contributed by atoms with Crippen molar-refractivity contribution in [3.8, 4) is 0 Å². The highest BCUT2D eigenvalue weighted by molar-refractivity contribution is 5.86. The monoisotopic (exact) mass is 284 g/mol. The maximum absolute atomic E-state index is 12.2. The van der Waals surface area contributed by atoms with Gasteiger partial charge in [0.15, 0.2) is 0 Å². The molecular weight excluding hydrogens is 256 g/mol. The molecule has 3 N–H and O–H groups in total. The Hall–Kier alpha value is -1.10. The van der Waals surface area contributed by atoms with Gasteiger partial charge in [-0.1, -0.05) is 26.7 Å². The summed E-state index contributed by atoms with van der Waals surface area (Å²) in [5.74, 6) is 0.137. The average molecular weight is 284 g/mol. The number of hydrogen-bond donors (Lipinski definition) is 3. The van der Waals surface area contributed by atoms with Crippen LogP contribution in [0.2, 0.25) is 0 Å². The Labute approximate surface area is 121 Å². The number of aliphatic hydroxyl groups excluding tert-OH is 1. The van der Waals surface area contributed by atoms with Crippen molar-refractivity contribution in [3.63, 3.8) is 0 Å². The molecule has 3 atom stereocenters. The average Bonchev–Trinajstić information content (AvgIpc) is 2.35. The van der Waals surface area contributed by atoms with Gasteiger partial charge in [-0.3, -0.25) is 9.59 Å². The summed E-state index contributed by atoms with van der Waals surface area (Å²) in [6, 6.07) is -0.478. The zero-order valence-corrected chi connectivity index (χ0v) is 12.8. The lowest BCUT2D eigenvalue weighted by atomic mass is 9.86. The van der Waals surface area contributed by atoms with Gasteiger partial charge in [0.1, 0.15) is 6.04 Å². The molecule has 116 valence electrons. The summed E-state index contributed by atoms with van der Waals surface area (Å²) < 4.78 is 0. The van der Waals surface area contributed by atoms with E-state index in [9.17, 15) is 14.7 Å². The van der Waals surface area contributed by atoms with Crippen molar-refractivity contribution in [1.29, 1.82) is 0 Å². The normalized spacial score (nSPS) is 24.2. The molecule has 0 heterocycles. The van der Waals surface area contributed by atoms with Crippen LogP contribution < -0.4 is 10.6 Å². The molecule has 2 amide bonds. The molecule has 0 spiro atoms. The second kappa shape index (κ2) is 8.25. The molecule has 1 fully saturated rings. The van der Waals surface area contributed by atoms with Gasteiger partial charge in [0.25, 0.3) is 0 Å². The minimum Gasteiger partial charge on any atom is -0.393 e. The predicted octanol–water partition coefficient (Wildman–Crippen LogP) is 1.20. The third-order valence-corrected chi connectivity index (χ3v) is 3.81. The minimum atomic E-state index is -0.478. The maximum Gasteiger partial charge on any atom is 0.242 e. The van der Waals surface area contributed by atoms with Crippen molar-refractivity contribution in [2.45, 2.75) is 65.0 Å². The van der Waals surface area contributed by atoms with Gasteiger partial charge in [-0.2, -0.15) is 0 Å². The van der Waals surface area contributed by atoms with Crippen LogP contribution in [-0.4, -0.2) is 35.6 Å². The molecule has 1 rings (SSSR count). The van der Waals surface area contributed by atoms with Crippen molar-refractivity contribution >= 4 is 11.8 Å². The van der Waals surface area contributed by atoms with Gasteiger partial charge in [0.05, 0.1) is 6.10 Å². The lowest BCUT2D eigenvalue weighted by Crippen LogP contribution is -2.48. The third kappa shape index (κ3) is 5.90. The summed E-state index contributed by atoms with van der Waals surface area (Å²) in [7, 11) is 0. The van der Waals surface area contributed by atoms with Crippen molar-refractivity contribution in [2.24, 2.45) is 11.8 Å². The van der Waals surface area contributed by atoms with Gasteiger partial charge in [0, 0.05) is 19.4 Å². The summed E-state index contributed by atoms with van der Waals surface area (Å²) in [6.45, 7) is 5.96. The molecule has 0 aromatic rings. The highest BCUT2D eigenvalue weighted by atomic mass is 16.3. The Morgan fingerprint density at radius 2 is 1.90 bits per heavy atom. The zero-order valence-electron chi connectivity index (χ0n) is 12.8. The summed E-state index contributed by atoms with van der Waals surface area (Å²) >= 11 is 0. The van der Waals surface area contributed by atoms with E-state index < -0.39 is 6.04 Å². The van der Waals surface area contributed by atoms with E-state index in [4.69, 9.17) is 0 Å². The first-order valence-electron chi connectivity index (χ1n) is 7.63. The number of hydrogen-bond acceptors (Lipinski definition) is 3. The summed E-state index contributed by atoms with van der Waals surface area (Å²) in [6.07, 6.45) is 4.26. The fraction of sp³-hybridized carbons (Fsp3) is 0.867. The lowest BCUT2D eigenvalue weighted by molar-refractivity contribution is -0.128. The fourth-order valence-corrected chi connectivity index (χ4v) is 2.73. The molecule has 0 radical (unpaired) electrons. The van der Waals surface area contributed by atoms with Crippen molar-refractivity contribution in [2.75, 3.05) is 6.54 Å². The van der Waals surface area contributed by atoms with E-state index >= 15 is 0 Å². The maximum atomic E-state index is 12.2. The smallest absolute Gasteiger partial charge is 0.242 e. The quantitative estimate of drug-likeness (QED) is 0.686. The van der Waals surface area contributed by atoms with Crippen LogP contribution in [0.5, 0.6) is 0 Å². The van der Waals surface area contributed by atoms with Crippen LogP contribution in [0.25, 0.3) is 0 Å². The molecule has 0 bridgehead atoms. The van der Waals surface area contributed by atoms with Gasteiger partial charge in [-0.15, -0.1) is 0 Å². The Balaban J connectivity index is 2.45. The van der Waals surface area contributed by atoms with Gasteiger partial charge < -0.3 is 15.7 Å². The number of carbonyl (C=O) groups is 2. The molecule has 0 aliphatic heterocycles. The van der Waals surface area contributed by atoms with Crippen LogP contribution in [0.15, 0.2) is 0 Å². The number of amides is 2. The zero-order chi connectivity index (χ0) is 15.1. The van der Waals surface area contributed by atoms with Crippen LogP contribution in [0.3, 0.4) is 0 Å².